The lowest BCUT2D eigenvalue weighted by Gasteiger charge is -2.46. The number of nitrogens with zero attached hydrogens (tertiary/aromatic N) is 3. The Morgan fingerprint density at radius 2 is 1.86 bits per heavy atom. The second kappa shape index (κ2) is 9.60. The quantitative estimate of drug-likeness (QED) is 0.440. The van der Waals surface area contributed by atoms with Crippen LogP contribution in [0.5, 0.6) is 5.75 Å². The fourth-order valence-corrected chi connectivity index (χ4v) is 6.60. The number of likely N-dealkylation sites (tertiary alicyclic amines) is 1. The maximum atomic E-state index is 13.6. The minimum atomic E-state index is -4.32. The Hall–Kier alpha value is -2.77. The van der Waals surface area contributed by atoms with E-state index in [1.54, 1.807) is 6.07 Å². The highest BCUT2D eigenvalue weighted by atomic mass is 32.2. The molecule has 3 aromatic rings. The van der Waals surface area contributed by atoms with Crippen LogP contribution in [0.3, 0.4) is 0 Å². The van der Waals surface area contributed by atoms with Crippen molar-refractivity contribution in [3.8, 4) is 5.75 Å². The minimum absolute atomic E-state index is 0.0250. The molecular formula is C23H22F4N4O3S2. The average molecular weight is 543 g/mol. The van der Waals surface area contributed by atoms with Gasteiger partial charge in [-0.2, -0.15) is 17.5 Å². The molecule has 1 fully saturated rings. The first kappa shape index (κ1) is 24.9. The molecular weight excluding hydrogens is 520 g/mol. The lowest BCUT2D eigenvalue weighted by atomic mass is 9.84. The molecule has 1 N–H and O–H groups in total. The molecule has 36 heavy (non-hydrogen) atoms. The van der Waals surface area contributed by atoms with Gasteiger partial charge in [0.05, 0.1) is 17.4 Å². The van der Waals surface area contributed by atoms with Crippen LogP contribution in [0, 0.1) is 11.7 Å². The van der Waals surface area contributed by atoms with Crippen molar-refractivity contribution in [2.24, 2.45) is 5.92 Å². The predicted molar refractivity (Wildman–Crippen MR) is 125 cm³/mol. The van der Waals surface area contributed by atoms with Gasteiger partial charge in [-0.15, -0.1) is 0 Å². The van der Waals surface area contributed by atoms with Crippen LogP contribution in [0.15, 0.2) is 53.7 Å². The van der Waals surface area contributed by atoms with Crippen LogP contribution < -0.4 is 9.46 Å². The summed E-state index contributed by atoms with van der Waals surface area (Å²) in [6.07, 6.45) is -2.74. The van der Waals surface area contributed by atoms with Crippen LogP contribution in [0.2, 0.25) is 0 Å². The summed E-state index contributed by atoms with van der Waals surface area (Å²) in [5, 5.41) is 0.126. The van der Waals surface area contributed by atoms with E-state index >= 15 is 0 Å². The Kier molecular flexibility index (Phi) is 6.64. The number of alkyl halides is 3. The zero-order valence-corrected chi connectivity index (χ0v) is 20.4. The Balaban J connectivity index is 1.46. The van der Waals surface area contributed by atoms with Gasteiger partial charge in [-0.3, -0.25) is 9.62 Å². The molecule has 0 spiro atoms. The number of nitrogens with one attached hydrogen (secondary N) is 1. The molecule has 1 saturated heterocycles. The van der Waals surface area contributed by atoms with Gasteiger partial charge < -0.3 is 4.74 Å². The Labute approximate surface area is 209 Å². The number of fused-ring (bicyclic) bond motifs is 1. The maximum absolute atomic E-state index is 13.6. The smallest absolute Gasteiger partial charge is 0.391 e. The lowest BCUT2D eigenvalue weighted by molar-refractivity contribution is -0.192. The standard InChI is InChI=1S/C23H22F4N4O3S2/c24-16-3-1-14(2-4-16)20-11-15(23(25,26)27)7-9-31(20)19-8-10-34-21-12-17(5-6-18(19)21)36(32,33)30-22-28-13-29-35-22/h1-6,12-13,15,19-20H,7-11H2,(H,28,29,30)/t15?,19-,20+/m0/s1. The number of hydrogen-bond acceptors (Lipinski definition) is 7. The third kappa shape index (κ3) is 5.04. The summed E-state index contributed by atoms with van der Waals surface area (Å²) in [6.45, 7) is 0.468. The third-order valence-corrected chi connectivity index (χ3v) is 8.69. The highest BCUT2D eigenvalue weighted by Gasteiger charge is 2.46. The van der Waals surface area contributed by atoms with E-state index in [1.165, 1.54) is 42.7 Å². The summed E-state index contributed by atoms with van der Waals surface area (Å²) in [4.78, 5) is 5.81. The molecule has 2 aromatic carbocycles. The maximum Gasteiger partial charge on any atom is 0.391 e. The van der Waals surface area contributed by atoms with Gasteiger partial charge >= 0.3 is 6.18 Å². The molecule has 0 saturated carbocycles. The summed E-state index contributed by atoms with van der Waals surface area (Å²) in [5.41, 5.74) is 1.31. The minimum Gasteiger partial charge on any atom is -0.493 e. The molecule has 5 rings (SSSR count). The SMILES string of the molecule is O=S(=O)(Nc1ncns1)c1ccc2c(c1)OCC[C@@H]2N1CCC(C(F)(F)F)C[C@@H]1c1ccc(F)cc1. The number of aromatic nitrogens is 2. The molecule has 3 atom stereocenters. The molecule has 0 radical (unpaired) electrons. The van der Waals surface area contributed by atoms with E-state index in [-0.39, 0.29) is 42.1 Å². The average Bonchev–Trinajstić information content (AvgIpc) is 3.35. The molecule has 0 bridgehead atoms. The van der Waals surface area contributed by atoms with Crippen LogP contribution in [0.1, 0.15) is 42.5 Å². The summed E-state index contributed by atoms with van der Waals surface area (Å²) in [7, 11) is -3.94. The molecule has 0 amide bonds. The highest BCUT2D eigenvalue weighted by molar-refractivity contribution is 7.93. The molecule has 0 aliphatic carbocycles. The molecule has 7 nitrogen and oxygen atoms in total. The number of halogens is 4. The Bertz CT molecular complexity index is 1320. The molecule has 1 unspecified atom stereocenters. The van der Waals surface area contributed by atoms with Crippen LogP contribution in [0.25, 0.3) is 0 Å². The highest BCUT2D eigenvalue weighted by Crippen LogP contribution is 2.48. The summed E-state index contributed by atoms with van der Waals surface area (Å²) >= 11 is 0.900. The monoisotopic (exact) mass is 542 g/mol. The molecule has 192 valence electrons. The van der Waals surface area contributed by atoms with Crippen molar-refractivity contribution in [1.29, 1.82) is 0 Å². The number of hydrogen-bond donors (Lipinski definition) is 1. The van der Waals surface area contributed by atoms with E-state index in [9.17, 15) is 26.0 Å². The molecule has 3 heterocycles. The fourth-order valence-electron chi connectivity index (χ4n) is 4.92. The van der Waals surface area contributed by atoms with E-state index < -0.39 is 34.0 Å². The number of piperidine rings is 1. The van der Waals surface area contributed by atoms with Crippen molar-refractivity contribution >= 4 is 26.7 Å². The van der Waals surface area contributed by atoms with E-state index in [0.29, 0.717) is 23.3 Å². The Morgan fingerprint density at radius 3 is 2.56 bits per heavy atom. The Morgan fingerprint density at radius 1 is 1.08 bits per heavy atom. The van der Waals surface area contributed by atoms with Gasteiger partial charge in [0.1, 0.15) is 17.9 Å². The first-order valence-electron chi connectivity index (χ1n) is 11.3. The summed E-state index contributed by atoms with van der Waals surface area (Å²) in [6, 6.07) is 9.21. The van der Waals surface area contributed by atoms with Gasteiger partial charge in [-0.05, 0) is 43.1 Å². The van der Waals surface area contributed by atoms with Crippen molar-refractivity contribution in [3.05, 3.63) is 65.7 Å². The number of rotatable bonds is 5. The zero-order valence-electron chi connectivity index (χ0n) is 18.8. The number of anilines is 1. The topological polar surface area (TPSA) is 84.4 Å². The fraction of sp³-hybridized carbons (Fsp3) is 0.391. The number of benzene rings is 2. The molecule has 2 aliphatic rings. The van der Waals surface area contributed by atoms with Gasteiger partial charge in [-0.1, -0.05) is 18.2 Å². The van der Waals surface area contributed by atoms with E-state index in [1.807, 2.05) is 4.90 Å². The van der Waals surface area contributed by atoms with Crippen molar-refractivity contribution in [2.75, 3.05) is 17.9 Å². The third-order valence-electron chi connectivity index (χ3n) is 6.65. The predicted octanol–water partition coefficient (Wildman–Crippen LogP) is 5.32. The van der Waals surface area contributed by atoms with Crippen LogP contribution in [0.4, 0.5) is 22.7 Å². The number of ether oxygens (including phenoxy) is 1. The van der Waals surface area contributed by atoms with Gasteiger partial charge in [0, 0.05) is 41.7 Å². The van der Waals surface area contributed by atoms with Gasteiger partial charge in [-0.25, -0.2) is 17.8 Å². The zero-order chi connectivity index (χ0) is 25.5. The van der Waals surface area contributed by atoms with Crippen molar-refractivity contribution in [3.63, 3.8) is 0 Å². The normalized spacial score (nSPS) is 23.1. The molecule has 13 heteroatoms. The summed E-state index contributed by atoms with van der Waals surface area (Å²) < 4.78 is 91.9. The first-order chi connectivity index (χ1) is 17.1. The van der Waals surface area contributed by atoms with E-state index in [4.69, 9.17) is 4.74 Å². The van der Waals surface area contributed by atoms with Crippen molar-refractivity contribution < 1.29 is 30.7 Å². The van der Waals surface area contributed by atoms with Gasteiger partial charge in [0.25, 0.3) is 10.0 Å². The largest absolute Gasteiger partial charge is 0.493 e. The van der Waals surface area contributed by atoms with Crippen molar-refractivity contribution in [2.45, 2.75) is 42.4 Å². The van der Waals surface area contributed by atoms with Gasteiger partial charge in [0.15, 0.2) is 0 Å². The first-order valence-corrected chi connectivity index (χ1v) is 13.5. The van der Waals surface area contributed by atoms with Crippen LogP contribution in [-0.4, -0.2) is 42.0 Å². The molecule has 1 aromatic heterocycles. The summed E-state index contributed by atoms with van der Waals surface area (Å²) in [5.74, 6) is -1.55. The molecule has 2 aliphatic heterocycles. The van der Waals surface area contributed by atoms with Gasteiger partial charge in [0.2, 0.25) is 5.13 Å². The lowest BCUT2D eigenvalue weighted by Crippen LogP contribution is -2.44. The van der Waals surface area contributed by atoms with Crippen molar-refractivity contribution in [1.82, 2.24) is 14.3 Å². The second-order valence-corrected chi connectivity index (χ2v) is 11.2. The number of sulfonamides is 1. The second-order valence-electron chi connectivity index (χ2n) is 8.77. The van der Waals surface area contributed by atoms with Crippen LogP contribution in [-0.2, 0) is 10.0 Å². The van der Waals surface area contributed by atoms with Crippen LogP contribution >= 0.6 is 11.5 Å². The van der Waals surface area contributed by atoms with E-state index in [2.05, 4.69) is 14.1 Å². The van der Waals surface area contributed by atoms with E-state index in [0.717, 1.165) is 11.5 Å².